The van der Waals surface area contributed by atoms with Crippen LogP contribution in [0.5, 0.6) is 5.75 Å². The van der Waals surface area contributed by atoms with Gasteiger partial charge in [0.1, 0.15) is 11.9 Å². The van der Waals surface area contributed by atoms with Crippen LogP contribution in [-0.4, -0.2) is 30.1 Å². The molecule has 3 N–H and O–H groups in total. The second-order valence-electron chi connectivity index (χ2n) is 6.75. The Bertz CT molecular complexity index is 944. The first-order valence-electron chi connectivity index (χ1n) is 9.26. The van der Waals surface area contributed by atoms with Crippen molar-refractivity contribution in [3.63, 3.8) is 0 Å². The zero-order valence-electron chi connectivity index (χ0n) is 15.4. The fourth-order valence-corrected chi connectivity index (χ4v) is 3.30. The average Bonchev–Trinajstić information content (AvgIpc) is 3.19. The number of nitrogens with one attached hydrogen (secondary N) is 1. The third-order valence-electron chi connectivity index (χ3n) is 4.79. The third-order valence-corrected chi connectivity index (χ3v) is 4.79. The van der Waals surface area contributed by atoms with Crippen molar-refractivity contribution in [3.8, 4) is 5.75 Å². The van der Waals surface area contributed by atoms with Crippen molar-refractivity contribution in [2.75, 3.05) is 29.0 Å². The van der Waals surface area contributed by atoms with Crippen LogP contribution in [0.2, 0.25) is 0 Å². The quantitative estimate of drug-likeness (QED) is 0.667. The molecule has 6 nitrogen and oxygen atoms in total. The third kappa shape index (κ3) is 4.06. The van der Waals surface area contributed by atoms with E-state index in [1.807, 2.05) is 48.5 Å². The van der Waals surface area contributed by atoms with E-state index in [9.17, 15) is 4.79 Å². The summed E-state index contributed by atoms with van der Waals surface area (Å²) in [6.07, 6.45) is 4.55. The van der Waals surface area contributed by atoms with E-state index >= 15 is 0 Å². The van der Waals surface area contributed by atoms with Crippen LogP contribution in [0.1, 0.15) is 16.8 Å². The number of rotatable bonds is 5. The van der Waals surface area contributed by atoms with Gasteiger partial charge in [-0.05, 0) is 48.5 Å². The summed E-state index contributed by atoms with van der Waals surface area (Å²) < 4.78 is 5.99. The number of nitrogens with two attached hydrogens (primary N) is 1. The first-order valence-corrected chi connectivity index (χ1v) is 9.26. The lowest BCUT2D eigenvalue weighted by Crippen LogP contribution is -2.24. The van der Waals surface area contributed by atoms with Gasteiger partial charge in [0.05, 0.1) is 24.1 Å². The molecule has 0 bridgehead atoms. The normalized spacial score (nSPS) is 16.0. The van der Waals surface area contributed by atoms with Gasteiger partial charge in [-0.3, -0.25) is 9.78 Å². The zero-order valence-corrected chi connectivity index (χ0v) is 15.4. The largest absolute Gasteiger partial charge is 0.487 e. The molecule has 2 heterocycles. The van der Waals surface area contributed by atoms with Gasteiger partial charge in [0, 0.05) is 30.4 Å². The molecule has 0 spiro atoms. The van der Waals surface area contributed by atoms with E-state index in [0.29, 0.717) is 16.9 Å². The number of nitrogen functional groups attached to an aromatic ring is 1. The van der Waals surface area contributed by atoms with Crippen LogP contribution >= 0.6 is 0 Å². The molecule has 6 heteroatoms. The number of hydrogen-bond acceptors (Lipinski definition) is 5. The number of aromatic nitrogens is 1. The number of carbonyl (C=O) groups excluding carboxylic acids is 1. The lowest BCUT2D eigenvalue weighted by Gasteiger charge is -2.19. The number of nitrogens with zero attached hydrogens (tertiary/aromatic N) is 2. The highest BCUT2D eigenvalue weighted by molar-refractivity contribution is 6.05. The van der Waals surface area contributed by atoms with E-state index < -0.39 is 0 Å². The van der Waals surface area contributed by atoms with Crippen molar-refractivity contribution in [1.29, 1.82) is 0 Å². The topological polar surface area (TPSA) is 80.5 Å². The Kier molecular flexibility index (Phi) is 5.10. The molecule has 1 aliphatic rings. The van der Waals surface area contributed by atoms with Crippen molar-refractivity contribution in [1.82, 2.24) is 4.98 Å². The minimum absolute atomic E-state index is 0.133. The van der Waals surface area contributed by atoms with Crippen LogP contribution < -0.4 is 20.7 Å². The Morgan fingerprint density at radius 1 is 1.11 bits per heavy atom. The van der Waals surface area contributed by atoms with E-state index in [-0.39, 0.29) is 12.0 Å². The van der Waals surface area contributed by atoms with Gasteiger partial charge >= 0.3 is 0 Å². The predicted molar refractivity (Wildman–Crippen MR) is 111 cm³/mol. The summed E-state index contributed by atoms with van der Waals surface area (Å²) in [6, 6.07) is 18.6. The summed E-state index contributed by atoms with van der Waals surface area (Å²) in [6.45, 7) is 1.72. The number of ether oxygens (including phenoxy) is 1. The lowest BCUT2D eigenvalue weighted by atomic mass is 10.1. The molecule has 1 fully saturated rings. The highest BCUT2D eigenvalue weighted by Gasteiger charge is 2.24. The van der Waals surface area contributed by atoms with Gasteiger partial charge < -0.3 is 20.7 Å². The van der Waals surface area contributed by atoms with Crippen LogP contribution in [0.4, 0.5) is 17.1 Å². The molecule has 0 radical (unpaired) electrons. The Morgan fingerprint density at radius 3 is 2.68 bits per heavy atom. The molecule has 28 heavy (non-hydrogen) atoms. The maximum absolute atomic E-state index is 12.4. The molecule has 142 valence electrons. The van der Waals surface area contributed by atoms with Crippen LogP contribution in [0.25, 0.3) is 0 Å². The summed E-state index contributed by atoms with van der Waals surface area (Å²) in [7, 11) is 0. The standard InChI is InChI=1S/C22H22N4O2/c23-20-5-1-2-6-21(20)25-22(27)16-7-9-17(10-8-16)26-13-11-19(15-26)28-18-4-3-12-24-14-18/h1-10,12,14,19H,11,13,15,23H2,(H,25,27). The summed E-state index contributed by atoms with van der Waals surface area (Å²) in [5.74, 6) is 0.616. The molecule has 1 atom stereocenters. The Hall–Kier alpha value is -3.54. The van der Waals surface area contributed by atoms with E-state index in [1.54, 1.807) is 24.5 Å². The number of anilines is 3. The fourth-order valence-electron chi connectivity index (χ4n) is 3.30. The highest BCUT2D eigenvalue weighted by Crippen LogP contribution is 2.24. The highest BCUT2D eigenvalue weighted by atomic mass is 16.5. The SMILES string of the molecule is Nc1ccccc1NC(=O)c1ccc(N2CCC(Oc3cccnc3)C2)cc1. The average molecular weight is 374 g/mol. The second-order valence-corrected chi connectivity index (χ2v) is 6.75. The smallest absolute Gasteiger partial charge is 0.255 e. The Labute approximate surface area is 164 Å². The number of para-hydroxylation sites is 2. The summed E-state index contributed by atoms with van der Waals surface area (Å²) in [5, 5.41) is 2.85. The van der Waals surface area contributed by atoms with Crippen molar-refractivity contribution in [2.24, 2.45) is 0 Å². The maximum Gasteiger partial charge on any atom is 0.255 e. The summed E-state index contributed by atoms with van der Waals surface area (Å²) in [5.41, 5.74) is 8.72. The van der Waals surface area contributed by atoms with Crippen LogP contribution in [0.15, 0.2) is 73.1 Å². The van der Waals surface area contributed by atoms with Gasteiger partial charge in [-0.25, -0.2) is 0 Å². The van der Waals surface area contributed by atoms with Crippen molar-refractivity contribution < 1.29 is 9.53 Å². The monoisotopic (exact) mass is 374 g/mol. The van der Waals surface area contributed by atoms with Crippen LogP contribution in [-0.2, 0) is 0 Å². The molecule has 0 saturated carbocycles. The van der Waals surface area contributed by atoms with Gasteiger partial charge in [0.25, 0.3) is 5.91 Å². The van der Waals surface area contributed by atoms with Gasteiger partial charge in [-0.1, -0.05) is 12.1 Å². The van der Waals surface area contributed by atoms with Gasteiger partial charge in [-0.2, -0.15) is 0 Å². The molecule has 2 aromatic carbocycles. The number of benzene rings is 2. The zero-order chi connectivity index (χ0) is 19.3. The molecule has 0 aliphatic carbocycles. The van der Waals surface area contributed by atoms with Crippen molar-refractivity contribution in [2.45, 2.75) is 12.5 Å². The number of pyridine rings is 1. The molecule has 1 unspecified atom stereocenters. The Morgan fingerprint density at radius 2 is 1.93 bits per heavy atom. The molecule has 1 amide bonds. The van der Waals surface area contributed by atoms with E-state index in [1.165, 1.54) is 0 Å². The number of carbonyl (C=O) groups is 1. The minimum atomic E-state index is -0.177. The lowest BCUT2D eigenvalue weighted by molar-refractivity contribution is 0.102. The number of amides is 1. The van der Waals surface area contributed by atoms with Crippen molar-refractivity contribution >= 4 is 23.0 Å². The van der Waals surface area contributed by atoms with Gasteiger partial charge in [0.2, 0.25) is 0 Å². The summed E-state index contributed by atoms with van der Waals surface area (Å²) >= 11 is 0. The fraction of sp³-hybridized carbons (Fsp3) is 0.182. The Balaban J connectivity index is 1.37. The molecular weight excluding hydrogens is 352 g/mol. The van der Waals surface area contributed by atoms with E-state index in [0.717, 1.165) is 30.9 Å². The van der Waals surface area contributed by atoms with E-state index in [4.69, 9.17) is 10.5 Å². The predicted octanol–water partition coefficient (Wildman–Crippen LogP) is 3.57. The van der Waals surface area contributed by atoms with Crippen LogP contribution in [0, 0.1) is 0 Å². The first kappa shape index (κ1) is 17.9. The minimum Gasteiger partial charge on any atom is -0.487 e. The molecule has 1 aliphatic heterocycles. The van der Waals surface area contributed by atoms with Crippen molar-refractivity contribution in [3.05, 3.63) is 78.6 Å². The number of hydrogen-bond donors (Lipinski definition) is 2. The second kappa shape index (κ2) is 8.00. The molecular formula is C22H22N4O2. The molecule has 4 rings (SSSR count). The maximum atomic E-state index is 12.4. The van der Waals surface area contributed by atoms with Crippen LogP contribution in [0.3, 0.4) is 0 Å². The molecule has 1 aromatic heterocycles. The molecule has 1 saturated heterocycles. The van der Waals surface area contributed by atoms with Gasteiger partial charge in [-0.15, -0.1) is 0 Å². The van der Waals surface area contributed by atoms with Gasteiger partial charge in [0.15, 0.2) is 0 Å². The first-order chi connectivity index (χ1) is 13.7. The molecule has 3 aromatic rings. The summed E-state index contributed by atoms with van der Waals surface area (Å²) in [4.78, 5) is 18.8. The van der Waals surface area contributed by atoms with E-state index in [2.05, 4.69) is 15.2 Å².